The second-order valence-electron chi connectivity index (χ2n) is 6.04. The molecule has 0 heterocycles. The fourth-order valence-corrected chi connectivity index (χ4v) is 2.81. The van der Waals surface area contributed by atoms with Crippen LogP contribution in [0.2, 0.25) is 0 Å². The van der Waals surface area contributed by atoms with Crippen LogP contribution in [-0.2, 0) is 9.59 Å². The highest BCUT2D eigenvalue weighted by Crippen LogP contribution is 2.58. The maximum atomic E-state index is 12.3. The van der Waals surface area contributed by atoms with E-state index in [-0.39, 0.29) is 5.91 Å². The molecule has 0 aliphatic heterocycles. The molecule has 1 saturated carbocycles. The molecule has 1 aliphatic rings. The molecule has 0 radical (unpaired) electrons. The van der Waals surface area contributed by atoms with E-state index in [1.54, 1.807) is 19.9 Å². The minimum Gasteiger partial charge on any atom is -0.492 e. The lowest BCUT2D eigenvalue weighted by atomic mass is 10.1. The number of anilines is 1. The van der Waals surface area contributed by atoms with Gasteiger partial charge < -0.3 is 15.2 Å². The first kappa shape index (κ1) is 15.4. The van der Waals surface area contributed by atoms with Gasteiger partial charge in [-0.2, -0.15) is 0 Å². The van der Waals surface area contributed by atoms with Crippen molar-refractivity contribution in [1.82, 2.24) is 0 Å². The minimum atomic E-state index is -0.922. The van der Waals surface area contributed by atoms with Gasteiger partial charge in [-0.1, -0.05) is 19.9 Å². The van der Waals surface area contributed by atoms with Crippen molar-refractivity contribution in [3.8, 4) is 5.75 Å². The Balaban J connectivity index is 2.16. The molecule has 1 amide bonds. The van der Waals surface area contributed by atoms with Gasteiger partial charge in [0.15, 0.2) is 0 Å². The van der Waals surface area contributed by atoms with E-state index in [0.717, 1.165) is 5.56 Å². The predicted octanol–water partition coefficient (Wildman–Crippen LogP) is 2.69. The summed E-state index contributed by atoms with van der Waals surface area (Å²) in [5.74, 6) is -1.72. The van der Waals surface area contributed by atoms with Crippen molar-refractivity contribution < 1.29 is 19.4 Å². The number of nitrogens with one attached hydrogen (secondary N) is 1. The third-order valence-electron chi connectivity index (χ3n) is 4.07. The van der Waals surface area contributed by atoms with Crippen LogP contribution in [0.3, 0.4) is 0 Å². The number of rotatable bonds is 5. The summed E-state index contributed by atoms with van der Waals surface area (Å²) in [6.45, 7) is 7.92. The molecule has 1 aromatic rings. The zero-order valence-electron chi connectivity index (χ0n) is 12.8. The van der Waals surface area contributed by atoms with Crippen LogP contribution in [0.25, 0.3) is 0 Å². The number of ether oxygens (including phenoxy) is 1. The van der Waals surface area contributed by atoms with Crippen molar-refractivity contribution in [2.24, 2.45) is 17.3 Å². The fourth-order valence-electron chi connectivity index (χ4n) is 2.81. The average molecular weight is 291 g/mol. The Kier molecular flexibility index (Phi) is 3.94. The first-order chi connectivity index (χ1) is 9.78. The van der Waals surface area contributed by atoms with E-state index >= 15 is 0 Å². The Morgan fingerprint density at radius 3 is 2.52 bits per heavy atom. The molecule has 114 valence electrons. The summed E-state index contributed by atoms with van der Waals surface area (Å²) in [4.78, 5) is 23.5. The summed E-state index contributed by atoms with van der Waals surface area (Å²) in [5, 5.41) is 11.9. The number of carbonyl (C=O) groups excluding carboxylic acids is 1. The molecular weight excluding hydrogens is 270 g/mol. The third kappa shape index (κ3) is 2.86. The molecule has 2 atom stereocenters. The van der Waals surface area contributed by atoms with E-state index in [1.807, 2.05) is 26.0 Å². The Morgan fingerprint density at radius 1 is 1.33 bits per heavy atom. The molecular formula is C16H21NO4. The standard InChI is InChI=1S/C16H21NO4/c1-5-21-11-8-9(2)6-7-10(11)17-14(18)12-13(15(19)20)16(12,3)4/h6-8,12-13H,5H2,1-4H3,(H,17,18)(H,19,20). The summed E-state index contributed by atoms with van der Waals surface area (Å²) >= 11 is 0. The quantitative estimate of drug-likeness (QED) is 0.874. The van der Waals surface area contributed by atoms with E-state index < -0.39 is 23.2 Å². The van der Waals surface area contributed by atoms with Crippen molar-refractivity contribution in [1.29, 1.82) is 0 Å². The zero-order chi connectivity index (χ0) is 15.8. The molecule has 0 bridgehead atoms. The van der Waals surface area contributed by atoms with Gasteiger partial charge in [-0.15, -0.1) is 0 Å². The Bertz CT molecular complexity index is 580. The summed E-state index contributed by atoms with van der Waals surface area (Å²) < 4.78 is 5.51. The highest BCUT2D eigenvalue weighted by molar-refractivity contribution is 6.00. The number of hydrogen-bond donors (Lipinski definition) is 2. The lowest BCUT2D eigenvalue weighted by molar-refractivity contribution is -0.140. The summed E-state index contributed by atoms with van der Waals surface area (Å²) in [7, 11) is 0. The SMILES string of the molecule is CCOc1cc(C)ccc1NC(=O)C1C(C(=O)O)C1(C)C. The van der Waals surface area contributed by atoms with E-state index in [1.165, 1.54) is 0 Å². The van der Waals surface area contributed by atoms with Gasteiger partial charge in [0, 0.05) is 0 Å². The molecule has 1 fully saturated rings. The van der Waals surface area contributed by atoms with Crippen molar-refractivity contribution in [3.05, 3.63) is 23.8 Å². The van der Waals surface area contributed by atoms with Crippen molar-refractivity contribution >= 4 is 17.6 Å². The fraction of sp³-hybridized carbons (Fsp3) is 0.500. The van der Waals surface area contributed by atoms with E-state index in [9.17, 15) is 9.59 Å². The van der Waals surface area contributed by atoms with Crippen molar-refractivity contribution in [3.63, 3.8) is 0 Å². The number of aryl methyl sites for hydroxylation is 1. The van der Waals surface area contributed by atoms with Gasteiger partial charge in [0.25, 0.3) is 0 Å². The van der Waals surface area contributed by atoms with E-state index in [4.69, 9.17) is 9.84 Å². The zero-order valence-corrected chi connectivity index (χ0v) is 12.8. The highest BCUT2D eigenvalue weighted by atomic mass is 16.5. The number of hydrogen-bond acceptors (Lipinski definition) is 3. The second-order valence-corrected chi connectivity index (χ2v) is 6.04. The maximum absolute atomic E-state index is 12.3. The molecule has 0 aromatic heterocycles. The molecule has 21 heavy (non-hydrogen) atoms. The number of amides is 1. The smallest absolute Gasteiger partial charge is 0.307 e. The van der Waals surface area contributed by atoms with Crippen LogP contribution in [0.1, 0.15) is 26.3 Å². The topological polar surface area (TPSA) is 75.6 Å². The van der Waals surface area contributed by atoms with Gasteiger partial charge in [-0.25, -0.2) is 0 Å². The van der Waals surface area contributed by atoms with Crippen LogP contribution in [0.15, 0.2) is 18.2 Å². The summed E-state index contributed by atoms with van der Waals surface area (Å²) in [6.07, 6.45) is 0. The van der Waals surface area contributed by atoms with E-state index in [0.29, 0.717) is 18.0 Å². The van der Waals surface area contributed by atoms with Crippen LogP contribution in [0, 0.1) is 24.2 Å². The average Bonchev–Trinajstić information content (AvgIpc) is 2.96. The van der Waals surface area contributed by atoms with Crippen LogP contribution >= 0.6 is 0 Å². The molecule has 5 nitrogen and oxygen atoms in total. The monoisotopic (exact) mass is 291 g/mol. The predicted molar refractivity (Wildman–Crippen MR) is 79.4 cm³/mol. The molecule has 1 aromatic carbocycles. The third-order valence-corrected chi connectivity index (χ3v) is 4.07. The number of carbonyl (C=O) groups is 2. The van der Waals surface area contributed by atoms with E-state index in [2.05, 4.69) is 5.32 Å². The maximum Gasteiger partial charge on any atom is 0.307 e. The molecule has 2 unspecified atom stereocenters. The minimum absolute atomic E-state index is 0.266. The van der Waals surface area contributed by atoms with Gasteiger partial charge in [0.05, 0.1) is 24.1 Å². The van der Waals surface area contributed by atoms with Crippen LogP contribution in [-0.4, -0.2) is 23.6 Å². The summed E-state index contributed by atoms with van der Waals surface area (Å²) in [5.41, 5.74) is 1.11. The Labute approximate surface area is 124 Å². The molecule has 0 spiro atoms. The summed E-state index contributed by atoms with van der Waals surface area (Å²) in [6, 6.07) is 5.51. The van der Waals surface area contributed by atoms with Crippen molar-refractivity contribution in [2.45, 2.75) is 27.7 Å². The molecule has 2 N–H and O–H groups in total. The number of aliphatic carboxylic acids is 1. The Morgan fingerprint density at radius 2 is 2.00 bits per heavy atom. The first-order valence-electron chi connectivity index (χ1n) is 7.06. The second kappa shape index (κ2) is 5.39. The highest BCUT2D eigenvalue weighted by Gasteiger charge is 2.65. The number of carboxylic acid groups (broad SMARTS) is 1. The molecule has 5 heteroatoms. The van der Waals surface area contributed by atoms with Crippen LogP contribution in [0.5, 0.6) is 5.75 Å². The van der Waals surface area contributed by atoms with Crippen LogP contribution in [0.4, 0.5) is 5.69 Å². The molecule has 2 rings (SSSR count). The van der Waals surface area contributed by atoms with Gasteiger partial charge >= 0.3 is 5.97 Å². The molecule has 0 saturated heterocycles. The lowest BCUT2D eigenvalue weighted by Crippen LogP contribution is -2.18. The normalized spacial score (nSPS) is 22.5. The first-order valence-corrected chi connectivity index (χ1v) is 7.06. The molecule has 1 aliphatic carbocycles. The van der Waals surface area contributed by atoms with Gasteiger partial charge in [-0.3, -0.25) is 9.59 Å². The van der Waals surface area contributed by atoms with Gasteiger partial charge in [0.2, 0.25) is 5.91 Å². The Hall–Kier alpha value is -2.04. The van der Waals surface area contributed by atoms with Crippen LogP contribution < -0.4 is 10.1 Å². The number of benzene rings is 1. The lowest BCUT2D eigenvalue weighted by Gasteiger charge is -2.12. The van der Waals surface area contributed by atoms with Gasteiger partial charge in [0.1, 0.15) is 5.75 Å². The largest absolute Gasteiger partial charge is 0.492 e. The van der Waals surface area contributed by atoms with Gasteiger partial charge in [-0.05, 0) is 37.0 Å². The van der Waals surface area contributed by atoms with Crippen molar-refractivity contribution in [2.75, 3.05) is 11.9 Å². The number of carboxylic acids is 1.